The smallest absolute Gasteiger partial charge is 0.248 e. The number of hydrogen-bond donors (Lipinski definition) is 1. The lowest BCUT2D eigenvalue weighted by Crippen LogP contribution is -2.68. The highest BCUT2D eigenvalue weighted by atomic mass is 19.1. The maximum atomic E-state index is 15.5. The summed E-state index contributed by atoms with van der Waals surface area (Å²) < 4.78 is 60.1. The number of halogens is 3. The van der Waals surface area contributed by atoms with Gasteiger partial charge in [-0.25, -0.2) is 32.8 Å². The number of nitrogens with zero attached hydrogens (tertiary/aromatic N) is 12. The monoisotopic (exact) mass is 849 g/mol. The van der Waals surface area contributed by atoms with Gasteiger partial charge < -0.3 is 39.0 Å². The molecule has 0 spiro atoms. The summed E-state index contributed by atoms with van der Waals surface area (Å²) in [7, 11) is 3.31. The molecule has 1 N–H and O–H groups in total. The van der Waals surface area contributed by atoms with Gasteiger partial charge in [-0.15, -0.1) is 0 Å². The van der Waals surface area contributed by atoms with E-state index in [1.807, 2.05) is 26.2 Å². The zero-order valence-corrected chi connectivity index (χ0v) is 34.1. The van der Waals surface area contributed by atoms with Gasteiger partial charge >= 0.3 is 0 Å². The summed E-state index contributed by atoms with van der Waals surface area (Å²) in [6.07, 6.45) is 4.81. The summed E-state index contributed by atoms with van der Waals surface area (Å²) >= 11 is 0. The predicted molar refractivity (Wildman–Crippen MR) is 219 cm³/mol. The van der Waals surface area contributed by atoms with Crippen LogP contribution in [-0.4, -0.2) is 144 Å². The van der Waals surface area contributed by atoms with Crippen molar-refractivity contribution in [1.29, 1.82) is 0 Å². The van der Waals surface area contributed by atoms with Crippen molar-refractivity contribution in [3.8, 4) is 16.9 Å². The molecule has 20 heteroatoms. The maximum Gasteiger partial charge on any atom is 0.248 e. The molecule has 2 amide bonds. The maximum absolute atomic E-state index is 15.5. The van der Waals surface area contributed by atoms with Crippen molar-refractivity contribution in [2.45, 2.75) is 69.0 Å². The average Bonchev–Trinajstić information content (AvgIpc) is 3.76. The molecule has 4 aromatic heterocycles. The molecule has 4 fully saturated rings. The van der Waals surface area contributed by atoms with E-state index in [0.717, 1.165) is 25.0 Å². The number of hydrogen-bond acceptors (Lipinski definition) is 13. The highest BCUT2D eigenvalue weighted by Gasteiger charge is 2.50. The number of imidazole rings is 1. The van der Waals surface area contributed by atoms with E-state index in [0.29, 0.717) is 65.4 Å². The quantitative estimate of drug-likeness (QED) is 0.269. The van der Waals surface area contributed by atoms with E-state index in [1.165, 1.54) is 29.1 Å². The molecular formula is C42H42F3N13O4. The molecule has 3 saturated heterocycles. The van der Waals surface area contributed by atoms with Crippen LogP contribution in [0.5, 0.6) is 0 Å². The van der Waals surface area contributed by atoms with Gasteiger partial charge in [-0.2, -0.15) is 15.1 Å². The molecule has 11 rings (SSSR count). The number of ether oxygens (including phenoxy) is 2. The minimum Gasteiger partial charge on any atom is -0.378 e. The number of amides is 2. The summed E-state index contributed by atoms with van der Waals surface area (Å²) in [5.41, 5.74) is 2.32. The van der Waals surface area contributed by atoms with Gasteiger partial charge in [-0.05, 0) is 50.5 Å². The Kier molecular flexibility index (Phi) is 9.07. The Morgan fingerprint density at radius 3 is 2.53 bits per heavy atom. The van der Waals surface area contributed by atoms with Gasteiger partial charge in [0, 0.05) is 69.8 Å². The number of likely N-dealkylation sites (N-methyl/N-ethyl adjacent to an activating group) is 1. The van der Waals surface area contributed by atoms with Crippen molar-refractivity contribution in [2.24, 2.45) is 0 Å². The second kappa shape index (κ2) is 14.6. The number of benzene rings is 2. The fourth-order valence-electron chi connectivity index (χ4n) is 9.63. The van der Waals surface area contributed by atoms with E-state index in [2.05, 4.69) is 20.4 Å². The van der Waals surface area contributed by atoms with Crippen LogP contribution in [0.2, 0.25) is 0 Å². The van der Waals surface area contributed by atoms with E-state index in [4.69, 9.17) is 24.4 Å². The normalized spacial score (nSPS) is 24.2. The lowest BCUT2D eigenvalue weighted by molar-refractivity contribution is -0.141. The van der Waals surface area contributed by atoms with Crippen molar-refractivity contribution in [3.05, 3.63) is 72.1 Å². The number of nitrogens with one attached hydrogen (secondary N) is 1. The first kappa shape index (κ1) is 38.5. The Morgan fingerprint density at radius 2 is 1.73 bits per heavy atom. The summed E-state index contributed by atoms with van der Waals surface area (Å²) in [6, 6.07) is 5.75. The second-order valence-corrected chi connectivity index (χ2v) is 16.8. The lowest BCUT2D eigenvalue weighted by atomic mass is 10.0. The van der Waals surface area contributed by atoms with Crippen LogP contribution in [0.1, 0.15) is 25.1 Å². The number of morpholine rings is 1. The Balaban J connectivity index is 1.05. The first-order valence-corrected chi connectivity index (χ1v) is 20.7. The van der Waals surface area contributed by atoms with Crippen LogP contribution < -0.4 is 15.1 Å². The zero-order chi connectivity index (χ0) is 42.6. The van der Waals surface area contributed by atoms with Crippen molar-refractivity contribution in [1.82, 2.24) is 49.1 Å². The third kappa shape index (κ3) is 6.37. The molecule has 1 aliphatic carbocycles. The zero-order valence-electron chi connectivity index (χ0n) is 34.1. The number of piperazine rings is 1. The van der Waals surface area contributed by atoms with Crippen molar-refractivity contribution >= 4 is 51.6 Å². The third-order valence-electron chi connectivity index (χ3n) is 12.7. The number of rotatable bonds is 5. The number of aromatic nitrogens is 8. The largest absolute Gasteiger partial charge is 0.378 e. The standard InChI is InChI=1S/C42H42F3N13O4/c1-21-48-32-12-23(44)10-28-31-8-9-46-41(50-31)49-24-13-34(39(59)53(2)17-27(61-3)18-54(21)36(28)32)56(15-24)37-29-14-47-58(33-7-4-22(43)11-30(33)45)38(29)52-42(51-37)57-26-16-55(25-5-6-25)40(60)35(57)20-62-19-26/h4,7-12,14,24-27,34-35H,5-6,13,15-20H2,1-3H3,(H,46,49,50)/t24-,26+,27-,34-,35+/m0/s1. The molecule has 8 heterocycles. The van der Waals surface area contributed by atoms with E-state index < -0.39 is 41.7 Å². The van der Waals surface area contributed by atoms with Crippen LogP contribution in [0.4, 0.5) is 30.9 Å². The predicted octanol–water partition coefficient (Wildman–Crippen LogP) is 3.47. The fraction of sp³-hybridized carbons (Fsp3) is 0.429. The Morgan fingerprint density at radius 1 is 0.871 bits per heavy atom. The van der Waals surface area contributed by atoms with Crippen LogP contribution in [-0.2, 0) is 25.6 Å². The fourth-order valence-corrected chi connectivity index (χ4v) is 9.63. The molecule has 2 aromatic carbocycles. The minimum atomic E-state index is -0.851. The van der Waals surface area contributed by atoms with Gasteiger partial charge in [0.05, 0.1) is 60.2 Å². The van der Waals surface area contributed by atoms with Crippen molar-refractivity contribution in [2.75, 3.05) is 62.1 Å². The molecule has 6 aromatic rings. The molecule has 1 saturated carbocycles. The van der Waals surface area contributed by atoms with Gasteiger partial charge in [-0.3, -0.25) is 9.59 Å². The average molecular weight is 850 g/mol. The van der Waals surface area contributed by atoms with Crippen LogP contribution in [0, 0.1) is 24.4 Å². The second-order valence-electron chi connectivity index (χ2n) is 16.8. The molecule has 5 aliphatic rings. The van der Waals surface area contributed by atoms with E-state index >= 15 is 8.78 Å². The highest BCUT2D eigenvalue weighted by Crippen LogP contribution is 2.39. The van der Waals surface area contributed by atoms with Gasteiger partial charge in [0.2, 0.25) is 23.7 Å². The molecule has 320 valence electrons. The Hall–Kier alpha value is -6.41. The molecule has 0 unspecified atom stereocenters. The van der Waals surface area contributed by atoms with Crippen LogP contribution >= 0.6 is 0 Å². The van der Waals surface area contributed by atoms with Crippen molar-refractivity contribution < 1.29 is 32.2 Å². The summed E-state index contributed by atoms with van der Waals surface area (Å²) in [4.78, 5) is 60.5. The van der Waals surface area contributed by atoms with Gasteiger partial charge in [0.1, 0.15) is 41.0 Å². The number of aryl methyl sites for hydroxylation is 1. The third-order valence-corrected chi connectivity index (χ3v) is 12.7. The number of carbonyl (C=O) groups is 2. The number of methoxy groups -OCH3 is 1. The molecule has 6 bridgehead atoms. The lowest BCUT2D eigenvalue weighted by Gasteiger charge is -2.49. The number of fused-ring (bicyclic) bond motifs is 8. The van der Waals surface area contributed by atoms with Crippen molar-refractivity contribution in [3.63, 3.8) is 0 Å². The molecule has 5 atom stereocenters. The molecule has 62 heavy (non-hydrogen) atoms. The topological polar surface area (TPSA) is 165 Å². The van der Waals surface area contributed by atoms with E-state index in [-0.39, 0.29) is 66.8 Å². The summed E-state index contributed by atoms with van der Waals surface area (Å²) in [6.45, 7) is 3.45. The Bertz CT molecular complexity index is 2800. The number of anilines is 3. The molecule has 17 nitrogen and oxygen atoms in total. The first-order valence-electron chi connectivity index (χ1n) is 20.7. The first-order chi connectivity index (χ1) is 30.0. The molecule has 4 aliphatic heterocycles. The summed E-state index contributed by atoms with van der Waals surface area (Å²) in [5.74, 6) is -0.918. The number of carbonyl (C=O) groups excluding carboxylic acids is 2. The molecule has 0 radical (unpaired) electrons. The van der Waals surface area contributed by atoms with Crippen LogP contribution in [0.25, 0.3) is 39.0 Å². The highest BCUT2D eigenvalue weighted by molar-refractivity contribution is 5.95. The van der Waals surface area contributed by atoms with Gasteiger partial charge in [0.25, 0.3) is 0 Å². The molecular weight excluding hydrogens is 808 g/mol. The van der Waals surface area contributed by atoms with Gasteiger partial charge in [0.15, 0.2) is 11.5 Å². The van der Waals surface area contributed by atoms with Gasteiger partial charge in [-0.1, -0.05) is 0 Å². The van der Waals surface area contributed by atoms with Crippen LogP contribution in [0.15, 0.2) is 48.8 Å². The SMILES string of the molecule is CO[C@H]1CN(C)C(=O)[C@@H]2C[C@@H](CN2c2nc(N3[C@H]4COC[C@@H]3C(=O)N(C3CC3)C4)nc3c2cnn3-c2ccc(F)cc2F)Nc2nccc(n2)-c2cc(F)cc3nc(C)n(c23)C1. The Labute approximate surface area is 352 Å². The summed E-state index contributed by atoms with van der Waals surface area (Å²) in [5, 5.41) is 8.40. The minimum absolute atomic E-state index is 0.0422. The van der Waals surface area contributed by atoms with E-state index in [1.54, 1.807) is 31.3 Å². The van der Waals surface area contributed by atoms with E-state index in [9.17, 15) is 14.0 Å². The van der Waals surface area contributed by atoms with Crippen LogP contribution in [0.3, 0.4) is 0 Å².